The fraction of sp³-hybridized carbons (Fsp3) is 0.364. The molecular weight excluding hydrogens is 256 g/mol. The second kappa shape index (κ2) is 4.66. The van der Waals surface area contributed by atoms with E-state index >= 15 is 0 Å². The summed E-state index contributed by atoms with van der Waals surface area (Å²) in [5, 5.41) is 0. The summed E-state index contributed by atoms with van der Waals surface area (Å²) in [6.07, 6.45) is 2.02. The number of nitrogens with zero attached hydrogens (tertiary/aromatic N) is 2. The molecular formula is C11H11BrN2O. The van der Waals surface area contributed by atoms with Crippen molar-refractivity contribution in [2.75, 3.05) is 0 Å². The molecule has 0 saturated heterocycles. The Morgan fingerprint density at radius 3 is 2.93 bits per heavy atom. The second-order valence-corrected chi connectivity index (χ2v) is 4.36. The molecule has 1 saturated carbocycles. The highest BCUT2D eigenvalue weighted by Crippen LogP contribution is 2.13. The predicted molar refractivity (Wildman–Crippen MR) is 61.9 cm³/mol. The van der Waals surface area contributed by atoms with Gasteiger partial charge >= 0.3 is 0 Å². The standard InChI is InChI=1S/C11H11BrN2O/c12-11-3-1-2-9(14-11)7-13-8-4-5-10(15)6-8/h1-3H,4-7H2. The summed E-state index contributed by atoms with van der Waals surface area (Å²) >= 11 is 3.31. The van der Waals surface area contributed by atoms with Crippen LogP contribution in [-0.2, 0) is 11.3 Å². The van der Waals surface area contributed by atoms with Crippen molar-refractivity contribution in [1.82, 2.24) is 4.98 Å². The summed E-state index contributed by atoms with van der Waals surface area (Å²) in [7, 11) is 0. The summed E-state index contributed by atoms with van der Waals surface area (Å²) in [4.78, 5) is 19.7. The van der Waals surface area contributed by atoms with E-state index in [1.165, 1.54) is 0 Å². The summed E-state index contributed by atoms with van der Waals surface area (Å²) in [6, 6.07) is 5.76. The van der Waals surface area contributed by atoms with Gasteiger partial charge in [0.1, 0.15) is 10.4 Å². The van der Waals surface area contributed by atoms with Gasteiger partial charge in [-0.15, -0.1) is 0 Å². The molecule has 0 amide bonds. The summed E-state index contributed by atoms with van der Waals surface area (Å²) in [6.45, 7) is 0.571. The Hall–Kier alpha value is -1.03. The number of pyridine rings is 1. The van der Waals surface area contributed by atoms with Gasteiger partial charge in [-0.25, -0.2) is 4.98 Å². The molecule has 1 aromatic heterocycles. The van der Waals surface area contributed by atoms with Crippen LogP contribution in [-0.4, -0.2) is 16.5 Å². The van der Waals surface area contributed by atoms with E-state index in [0.29, 0.717) is 25.2 Å². The van der Waals surface area contributed by atoms with E-state index in [9.17, 15) is 4.79 Å². The van der Waals surface area contributed by atoms with Gasteiger partial charge in [0.25, 0.3) is 0 Å². The number of Topliss-reactive ketones (excluding diaryl/α,β-unsaturated/α-hetero) is 1. The molecule has 4 heteroatoms. The first-order valence-corrected chi connectivity index (χ1v) is 5.68. The minimum absolute atomic E-state index is 0.302. The van der Waals surface area contributed by atoms with Crippen molar-refractivity contribution in [3.05, 3.63) is 28.5 Å². The maximum Gasteiger partial charge on any atom is 0.138 e. The fourth-order valence-corrected chi connectivity index (χ4v) is 1.93. The van der Waals surface area contributed by atoms with Crippen molar-refractivity contribution in [1.29, 1.82) is 0 Å². The Kier molecular flexibility index (Phi) is 3.26. The van der Waals surface area contributed by atoms with Gasteiger partial charge in [-0.2, -0.15) is 0 Å². The smallest absolute Gasteiger partial charge is 0.138 e. The van der Waals surface area contributed by atoms with Crippen LogP contribution in [0.2, 0.25) is 0 Å². The maximum absolute atomic E-state index is 11.0. The predicted octanol–water partition coefficient (Wildman–Crippen LogP) is 2.54. The molecule has 1 aromatic rings. The number of carbonyl (C=O) groups is 1. The Balaban J connectivity index is 2.01. The number of aromatic nitrogens is 1. The van der Waals surface area contributed by atoms with E-state index in [1.54, 1.807) is 0 Å². The van der Waals surface area contributed by atoms with E-state index in [2.05, 4.69) is 25.9 Å². The summed E-state index contributed by atoms with van der Waals surface area (Å²) in [5.41, 5.74) is 1.94. The van der Waals surface area contributed by atoms with Crippen molar-refractivity contribution in [2.24, 2.45) is 4.99 Å². The third-order valence-electron chi connectivity index (χ3n) is 2.33. The van der Waals surface area contributed by atoms with Crippen molar-refractivity contribution < 1.29 is 4.79 Å². The Morgan fingerprint density at radius 1 is 1.40 bits per heavy atom. The first-order chi connectivity index (χ1) is 7.24. The minimum atomic E-state index is 0.302. The molecule has 0 spiro atoms. The largest absolute Gasteiger partial charge is 0.299 e. The van der Waals surface area contributed by atoms with Crippen LogP contribution in [0.5, 0.6) is 0 Å². The van der Waals surface area contributed by atoms with E-state index in [-0.39, 0.29) is 0 Å². The Morgan fingerprint density at radius 2 is 2.27 bits per heavy atom. The quantitative estimate of drug-likeness (QED) is 0.773. The molecule has 0 radical (unpaired) electrons. The van der Waals surface area contributed by atoms with Crippen LogP contribution in [0.4, 0.5) is 0 Å². The van der Waals surface area contributed by atoms with Crippen molar-refractivity contribution in [3.8, 4) is 0 Å². The van der Waals surface area contributed by atoms with Gasteiger partial charge in [0.05, 0.1) is 12.2 Å². The zero-order chi connectivity index (χ0) is 10.7. The van der Waals surface area contributed by atoms with Crippen LogP contribution in [0, 0.1) is 0 Å². The molecule has 1 heterocycles. The van der Waals surface area contributed by atoms with Crippen LogP contribution in [0.3, 0.4) is 0 Å². The molecule has 0 atom stereocenters. The highest BCUT2D eigenvalue weighted by molar-refractivity contribution is 9.10. The minimum Gasteiger partial charge on any atom is -0.299 e. The number of ketones is 1. The highest BCUT2D eigenvalue weighted by atomic mass is 79.9. The molecule has 1 fully saturated rings. The lowest BCUT2D eigenvalue weighted by molar-refractivity contribution is -0.116. The first kappa shape index (κ1) is 10.5. The lowest BCUT2D eigenvalue weighted by Gasteiger charge is -1.97. The molecule has 0 bridgehead atoms. The number of carbonyl (C=O) groups excluding carboxylic acids is 1. The van der Waals surface area contributed by atoms with Gasteiger partial charge in [-0.05, 0) is 34.5 Å². The van der Waals surface area contributed by atoms with E-state index in [1.807, 2.05) is 18.2 Å². The highest BCUT2D eigenvalue weighted by Gasteiger charge is 2.16. The lowest BCUT2D eigenvalue weighted by Crippen LogP contribution is -1.95. The monoisotopic (exact) mass is 266 g/mol. The molecule has 0 aliphatic heterocycles. The van der Waals surface area contributed by atoms with Crippen LogP contribution in [0.1, 0.15) is 25.0 Å². The molecule has 0 aromatic carbocycles. The number of aliphatic imine (C=N–C) groups is 1. The topological polar surface area (TPSA) is 42.3 Å². The Bertz CT molecular complexity index is 415. The fourth-order valence-electron chi connectivity index (χ4n) is 1.55. The van der Waals surface area contributed by atoms with Gasteiger partial charge in [0.2, 0.25) is 0 Å². The van der Waals surface area contributed by atoms with Gasteiger partial charge in [0, 0.05) is 18.6 Å². The van der Waals surface area contributed by atoms with Gasteiger partial charge < -0.3 is 0 Å². The van der Waals surface area contributed by atoms with Crippen LogP contribution >= 0.6 is 15.9 Å². The summed E-state index contributed by atoms with van der Waals surface area (Å²) in [5.74, 6) is 0.302. The van der Waals surface area contributed by atoms with E-state index < -0.39 is 0 Å². The molecule has 0 N–H and O–H groups in total. The third-order valence-corrected chi connectivity index (χ3v) is 2.77. The van der Waals surface area contributed by atoms with E-state index in [4.69, 9.17) is 0 Å². The first-order valence-electron chi connectivity index (χ1n) is 4.89. The molecule has 1 aliphatic rings. The maximum atomic E-state index is 11.0. The normalized spacial score (nSPS) is 18.7. The van der Waals surface area contributed by atoms with Crippen LogP contribution in [0.15, 0.2) is 27.8 Å². The second-order valence-electron chi connectivity index (χ2n) is 3.55. The summed E-state index contributed by atoms with van der Waals surface area (Å²) < 4.78 is 0.822. The van der Waals surface area contributed by atoms with Gasteiger partial charge in [-0.1, -0.05) is 6.07 Å². The molecule has 0 unspecified atom stereocenters. The SMILES string of the molecule is O=C1CCC(=NCc2cccc(Br)n2)C1. The molecule has 1 aliphatic carbocycles. The van der Waals surface area contributed by atoms with Crippen molar-refractivity contribution >= 4 is 27.4 Å². The Labute approximate surface area is 96.8 Å². The molecule has 78 valence electrons. The molecule has 3 nitrogen and oxygen atoms in total. The average Bonchev–Trinajstić information content (AvgIpc) is 2.62. The van der Waals surface area contributed by atoms with Crippen molar-refractivity contribution in [2.45, 2.75) is 25.8 Å². The van der Waals surface area contributed by atoms with Crippen LogP contribution in [0.25, 0.3) is 0 Å². The number of rotatable bonds is 2. The molecule has 15 heavy (non-hydrogen) atoms. The van der Waals surface area contributed by atoms with Crippen molar-refractivity contribution in [3.63, 3.8) is 0 Å². The zero-order valence-electron chi connectivity index (χ0n) is 8.24. The van der Waals surface area contributed by atoms with Gasteiger partial charge in [0.15, 0.2) is 0 Å². The molecule has 2 rings (SSSR count). The number of hydrogen-bond donors (Lipinski definition) is 0. The zero-order valence-corrected chi connectivity index (χ0v) is 9.83. The number of halogens is 1. The average molecular weight is 267 g/mol. The van der Waals surface area contributed by atoms with E-state index in [0.717, 1.165) is 22.4 Å². The van der Waals surface area contributed by atoms with Gasteiger partial charge in [-0.3, -0.25) is 9.79 Å². The number of hydrogen-bond acceptors (Lipinski definition) is 3. The lowest BCUT2D eigenvalue weighted by atomic mass is 10.3. The van der Waals surface area contributed by atoms with Crippen LogP contribution < -0.4 is 0 Å². The third kappa shape index (κ3) is 2.96.